The molecule has 160 valence electrons. The van der Waals surface area contributed by atoms with Gasteiger partial charge in [0.1, 0.15) is 0 Å². The van der Waals surface area contributed by atoms with Gasteiger partial charge in [-0.05, 0) is 67.6 Å². The number of benzene rings is 3. The Hall–Kier alpha value is -2.91. The summed E-state index contributed by atoms with van der Waals surface area (Å²) in [4.78, 5) is 15.6. The van der Waals surface area contributed by atoms with Gasteiger partial charge in [-0.25, -0.2) is 0 Å². The SMILES string of the molecule is Cc1ccc([C@@H](NC(=O)c2ccc(CN3CCC(C)CC3)cc2)c2ccccc2)cc1. The van der Waals surface area contributed by atoms with Gasteiger partial charge in [0.25, 0.3) is 5.91 Å². The summed E-state index contributed by atoms with van der Waals surface area (Å²) in [5.41, 5.74) is 5.34. The molecule has 3 aromatic rings. The van der Waals surface area contributed by atoms with E-state index >= 15 is 0 Å². The highest BCUT2D eigenvalue weighted by Crippen LogP contribution is 2.23. The molecule has 0 radical (unpaired) electrons. The molecular weight excluding hydrogens is 380 g/mol. The van der Waals surface area contributed by atoms with Crippen LogP contribution in [0.1, 0.15) is 58.4 Å². The Labute approximate surface area is 186 Å². The number of likely N-dealkylation sites (tertiary alicyclic amines) is 1. The van der Waals surface area contributed by atoms with E-state index < -0.39 is 0 Å². The fraction of sp³-hybridized carbons (Fsp3) is 0.321. The monoisotopic (exact) mass is 412 g/mol. The van der Waals surface area contributed by atoms with Gasteiger partial charge >= 0.3 is 0 Å². The largest absolute Gasteiger partial charge is 0.341 e. The number of amides is 1. The zero-order valence-electron chi connectivity index (χ0n) is 18.6. The molecule has 1 heterocycles. The topological polar surface area (TPSA) is 32.3 Å². The van der Waals surface area contributed by atoms with Crippen LogP contribution in [0, 0.1) is 12.8 Å². The van der Waals surface area contributed by atoms with Crippen molar-refractivity contribution in [1.82, 2.24) is 10.2 Å². The Morgan fingerprint density at radius 3 is 2.16 bits per heavy atom. The maximum atomic E-state index is 13.1. The van der Waals surface area contributed by atoms with Crippen LogP contribution in [0.25, 0.3) is 0 Å². The van der Waals surface area contributed by atoms with Crippen molar-refractivity contribution in [3.8, 4) is 0 Å². The highest BCUT2D eigenvalue weighted by atomic mass is 16.1. The third-order valence-electron chi connectivity index (χ3n) is 6.32. The Morgan fingerprint density at radius 1 is 0.903 bits per heavy atom. The summed E-state index contributed by atoms with van der Waals surface area (Å²) < 4.78 is 0. The molecule has 3 nitrogen and oxygen atoms in total. The molecular formula is C28H32N2O. The standard InChI is InChI=1S/C28H32N2O/c1-21-8-12-25(13-9-21)27(24-6-4-3-5-7-24)29-28(31)26-14-10-23(11-15-26)20-30-18-16-22(2)17-19-30/h3-15,22,27H,16-20H2,1-2H3,(H,29,31)/t27-/m0/s1. The average molecular weight is 413 g/mol. The van der Waals surface area contributed by atoms with Crippen molar-refractivity contribution in [3.63, 3.8) is 0 Å². The van der Waals surface area contributed by atoms with Gasteiger partial charge in [-0.1, -0.05) is 79.2 Å². The van der Waals surface area contributed by atoms with Gasteiger partial charge < -0.3 is 5.32 Å². The Balaban J connectivity index is 1.46. The van der Waals surface area contributed by atoms with Crippen LogP contribution in [0.4, 0.5) is 0 Å². The fourth-order valence-corrected chi connectivity index (χ4v) is 4.22. The normalized spacial score (nSPS) is 16.1. The van der Waals surface area contributed by atoms with Gasteiger partial charge in [0.2, 0.25) is 0 Å². The van der Waals surface area contributed by atoms with Crippen LogP contribution in [0.3, 0.4) is 0 Å². The molecule has 3 heteroatoms. The van der Waals surface area contributed by atoms with Crippen molar-refractivity contribution in [2.24, 2.45) is 5.92 Å². The molecule has 1 N–H and O–H groups in total. The van der Waals surface area contributed by atoms with Crippen LogP contribution < -0.4 is 5.32 Å². The smallest absolute Gasteiger partial charge is 0.252 e. The molecule has 0 aromatic heterocycles. The summed E-state index contributed by atoms with van der Waals surface area (Å²) in [6.07, 6.45) is 2.56. The summed E-state index contributed by atoms with van der Waals surface area (Å²) in [7, 11) is 0. The van der Waals surface area contributed by atoms with E-state index in [0.29, 0.717) is 5.56 Å². The zero-order chi connectivity index (χ0) is 21.6. The molecule has 31 heavy (non-hydrogen) atoms. The second kappa shape index (κ2) is 9.93. The summed E-state index contributed by atoms with van der Waals surface area (Å²) in [6.45, 7) is 7.71. The number of carbonyl (C=O) groups excluding carboxylic acids is 1. The molecule has 4 rings (SSSR count). The lowest BCUT2D eigenvalue weighted by atomic mass is 9.97. The van der Waals surface area contributed by atoms with Crippen molar-refractivity contribution in [2.45, 2.75) is 39.3 Å². The first-order valence-corrected chi connectivity index (χ1v) is 11.3. The first-order valence-electron chi connectivity index (χ1n) is 11.3. The Morgan fingerprint density at radius 2 is 1.52 bits per heavy atom. The van der Waals surface area contributed by atoms with Crippen molar-refractivity contribution in [2.75, 3.05) is 13.1 Å². The molecule has 0 spiro atoms. The van der Waals surface area contributed by atoms with Crippen LogP contribution in [0.2, 0.25) is 0 Å². The second-order valence-electron chi connectivity index (χ2n) is 8.88. The fourth-order valence-electron chi connectivity index (χ4n) is 4.22. The highest BCUT2D eigenvalue weighted by molar-refractivity contribution is 5.94. The molecule has 1 fully saturated rings. The third kappa shape index (κ3) is 5.62. The van der Waals surface area contributed by atoms with Gasteiger partial charge in [-0.2, -0.15) is 0 Å². The van der Waals surface area contributed by atoms with Gasteiger partial charge in [0.05, 0.1) is 6.04 Å². The van der Waals surface area contributed by atoms with Crippen molar-refractivity contribution < 1.29 is 4.79 Å². The van der Waals surface area contributed by atoms with Crippen molar-refractivity contribution in [1.29, 1.82) is 0 Å². The van der Waals surface area contributed by atoms with Gasteiger partial charge in [-0.15, -0.1) is 0 Å². The number of piperidine rings is 1. The minimum Gasteiger partial charge on any atom is -0.341 e. The van der Waals surface area contributed by atoms with Crippen LogP contribution in [-0.4, -0.2) is 23.9 Å². The lowest BCUT2D eigenvalue weighted by Crippen LogP contribution is -2.32. The van der Waals surface area contributed by atoms with E-state index in [4.69, 9.17) is 0 Å². The molecule has 3 aromatic carbocycles. The van der Waals surface area contributed by atoms with Crippen molar-refractivity contribution in [3.05, 3.63) is 107 Å². The minimum atomic E-state index is -0.177. The lowest BCUT2D eigenvalue weighted by molar-refractivity contribution is 0.0943. The predicted octanol–water partition coefficient (Wildman–Crippen LogP) is 5.75. The summed E-state index contributed by atoms with van der Waals surface area (Å²) >= 11 is 0. The number of carbonyl (C=O) groups is 1. The molecule has 0 saturated carbocycles. The molecule has 1 saturated heterocycles. The number of nitrogens with zero attached hydrogens (tertiary/aromatic N) is 1. The number of rotatable bonds is 6. The van der Waals surface area contributed by atoms with Gasteiger partial charge in [0.15, 0.2) is 0 Å². The van der Waals surface area contributed by atoms with Gasteiger partial charge in [-0.3, -0.25) is 9.69 Å². The van der Waals surface area contributed by atoms with Gasteiger partial charge in [0, 0.05) is 12.1 Å². The van der Waals surface area contributed by atoms with Crippen LogP contribution in [0.5, 0.6) is 0 Å². The number of nitrogens with one attached hydrogen (secondary N) is 1. The molecule has 1 aliphatic rings. The summed E-state index contributed by atoms with van der Waals surface area (Å²) in [5.74, 6) is 0.793. The Kier molecular flexibility index (Phi) is 6.83. The molecule has 1 atom stereocenters. The van der Waals surface area contributed by atoms with Crippen molar-refractivity contribution >= 4 is 5.91 Å². The number of aryl methyl sites for hydroxylation is 1. The summed E-state index contributed by atoms with van der Waals surface area (Å²) in [6, 6.07) is 26.4. The predicted molar refractivity (Wildman–Crippen MR) is 127 cm³/mol. The molecule has 1 aliphatic heterocycles. The Bertz CT molecular complexity index is 972. The van der Waals surface area contributed by atoms with E-state index in [1.807, 2.05) is 30.3 Å². The van der Waals surface area contributed by atoms with Crippen LogP contribution >= 0.6 is 0 Å². The third-order valence-corrected chi connectivity index (χ3v) is 6.32. The summed E-state index contributed by atoms with van der Waals surface area (Å²) in [5, 5.41) is 3.24. The second-order valence-corrected chi connectivity index (χ2v) is 8.88. The molecule has 0 aliphatic carbocycles. The highest BCUT2D eigenvalue weighted by Gasteiger charge is 2.19. The molecule has 0 unspecified atom stereocenters. The zero-order valence-corrected chi connectivity index (χ0v) is 18.6. The first-order chi connectivity index (χ1) is 15.1. The minimum absolute atomic E-state index is 0.0484. The van der Waals surface area contributed by atoms with E-state index in [-0.39, 0.29) is 11.9 Å². The van der Waals surface area contributed by atoms with Crippen LogP contribution in [-0.2, 0) is 6.54 Å². The van der Waals surface area contributed by atoms with E-state index in [0.717, 1.165) is 23.6 Å². The van der Waals surface area contributed by atoms with Crippen LogP contribution in [0.15, 0.2) is 78.9 Å². The molecule has 1 amide bonds. The van der Waals surface area contributed by atoms with E-state index in [1.54, 1.807) is 0 Å². The molecule has 0 bridgehead atoms. The van der Waals surface area contributed by atoms with E-state index in [1.165, 1.54) is 37.1 Å². The van der Waals surface area contributed by atoms with E-state index in [2.05, 4.69) is 72.6 Å². The quantitative estimate of drug-likeness (QED) is 0.559. The maximum Gasteiger partial charge on any atom is 0.252 e. The van der Waals surface area contributed by atoms with E-state index in [9.17, 15) is 4.79 Å². The number of hydrogen-bond acceptors (Lipinski definition) is 2. The average Bonchev–Trinajstić information content (AvgIpc) is 2.81. The lowest BCUT2D eigenvalue weighted by Gasteiger charge is -2.30. The maximum absolute atomic E-state index is 13.1. The first kappa shape index (κ1) is 21.3. The number of hydrogen-bond donors (Lipinski definition) is 1.